The zero-order chi connectivity index (χ0) is 19.2. The Morgan fingerprint density at radius 3 is 2.46 bits per heavy atom. The van der Waals surface area contributed by atoms with Crippen LogP contribution in [0, 0.1) is 11.3 Å². The maximum absolute atomic E-state index is 12.2. The van der Waals surface area contributed by atoms with Crippen LogP contribution in [0.15, 0.2) is 59.5 Å². The number of carbonyl (C=O) groups excluding carboxylic acids is 2. The molecule has 8 heteroatoms. The second-order valence-corrected chi connectivity index (χ2v) is 7.30. The summed E-state index contributed by atoms with van der Waals surface area (Å²) in [5, 5.41) is 11.5. The van der Waals surface area contributed by atoms with Crippen molar-refractivity contribution in [2.24, 2.45) is 0 Å². The summed E-state index contributed by atoms with van der Waals surface area (Å²) in [4.78, 5) is 23.9. The molecule has 0 saturated carbocycles. The summed E-state index contributed by atoms with van der Waals surface area (Å²) < 4.78 is 26.4. The van der Waals surface area contributed by atoms with E-state index in [1.807, 2.05) is 10.8 Å². The Bertz CT molecular complexity index is 950. The summed E-state index contributed by atoms with van der Waals surface area (Å²) in [5.41, 5.74) is 0.615. The molecule has 0 aliphatic heterocycles. The third-order valence-electron chi connectivity index (χ3n) is 3.43. The Morgan fingerprint density at radius 1 is 1.12 bits per heavy atom. The molecular weight excluding hydrogens is 354 g/mol. The van der Waals surface area contributed by atoms with Gasteiger partial charge in [0.05, 0.1) is 16.5 Å². The van der Waals surface area contributed by atoms with Gasteiger partial charge in [0.25, 0.3) is 15.9 Å². The van der Waals surface area contributed by atoms with Crippen molar-refractivity contribution in [1.29, 1.82) is 5.26 Å². The molecule has 0 aliphatic rings. The number of hydrogen-bond acceptors (Lipinski definition) is 5. The lowest BCUT2D eigenvalue weighted by atomic mass is 10.2. The van der Waals surface area contributed by atoms with E-state index < -0.39 is 22.0 Å². The molecule has 134 valence electrons. The third-order valence-corrected chi connectivity index (χ3v) is 4.80. The van der Waals surface area contributed by atoms with Gasteiger partial charge >= 0.3 is 0 Å². The molecule has 0 unspecified atom stereocenters. The van der Waals surface area contributed by atoms with Gasteiger partial charge in [-0.05, 0) is 37.3 Å². The summed E-state index contributed by atoms with van der Waals surface area (Å²) in [6, 6.07) is 15.1. The van der Waals surface area contributed by atoms with Crippen LogP contribution in [-0.4, -0.2) is 26.3 Å². The second kappa shape index (κ2) is 8.27. The van der Waals surface area contributed by atoms with Crippen LogP contribution in [-0.2, 0) is 14.8 Å². The maximum atomic E-state index is 12.2. The van der Waals surface area contributed by atoms with Crippen LogP contribution in [0.1, 0.15) is 29.3 Å². The minimum absolute atomic E-state index is 0.170. The van der Waals surface area contributed by atoms with E-state index in [4.69, 9.17) is 5.26 Å². The quantitative estimate of drug-likeness (QED) is 0.799. The molecule has 2 N–H and O–H groups in total. The molecule has 0 radical (unpaired) electrons. The van der Waals surface area contributed by atoms with E-state index in [9.17, 15) is 18.0 Å². The molecule has 0 aromatic heterocycles. The first kappa shape index (κ1) is 19.1. The van der Waals surface area contributed by atoms with Crippen LogP contribution < -0.4 is 10.0 Å². The first-order valence-electron chi connectivity index (χ1n) is 7.73. The fourth-order valence-corrected chi connectivity index (χ4v) is 3.25. The highest BCUT2D eigenvalue weighted by molar-refractivity contribution is 7.90. The van der Waals surface area contributed by atoms with Crippen LogP contribution in [0.2, 0.25) is 0 Å². The van der Waals surface area contributed by atoms with Gasteiger partial charge in [0.15, 0.2) is 0 Å². The zero-order valence-corrected chi connectivity index (χ0v) is 14.8. The Kier molecular flexibility index (Phi) is 6.09. The van der Waals surface area contributed by atoms with E-state index in [1.54, 1.807) is 37.3 Å². The number of benzene rings is 2. The van der Waals surface area contributed by atoms with E-state index in [-0.39, 0.29) is 22.8 Å². The van der Waals surface area contributed by atoms with Crippen LogP contribution >= 0.6 is 0 Å². The van der Waals surface area contributed by atoms with E-state index in [1.165, 1.54) is 24.3 Å². The predicted octanol–water partition coefficient (Wildman–Crippen LogP) is 1.57. The van der Waals surface area contributed by atoms with Crippen molar-refractivity contribution in [3.05, 3.63) is 65.7 Å². The van der Waals surface area contributed by atoms with Gasteiger partial charge in [-0.15, -0.1) is 0 Å². The fourth-order valence-electron chi connectivity index (χ4n) is 2.21. The SMILES string of the molecule is C[C@H](CC(=O)NS(=O)(=O)c1cccc(C#N)c1)NC(=O)c1ccccc1. The molecule has 2 rings (SSSR count). The Balaban J connectivity index is 1.97. The molecule has 0 saturated heterocycles. The van der Waals surface area contributed by atoms with Crippen LogP contribution in [0.25, 0.3) is 0 Å². The normalized spacial score (nSPS) is 11.8. The predicted molar refractivity (Wildman–Crippen MR) is 94.5 cm³/mol. The Hall–Kier alpha value is -3.18. The van der Waals surface area contributed by atoms with Gasteiger partial charge in [0.2, 0.25) is 5.91 Å². The topological polar surface area (TPSA) is 116 Å². The zero-order valence-electron chi connectivity index (χ0n) is 14.0. The molecule has 0 heterocycles. The average Bonchev–Trinajstić information content (AvgIpc) is 2.61. The minimum Gasteiger partial charge on any atom is -0.349 e. The minimum atomic E-state index is -4.08. The number of hydrogen-bond donors (Lipinski definition) is 2. The highest BCUT2D eigenvalue weighted by Gasteiger charge is 2.20. The molecule has 0 spiro atoms. The lowest BCUT2D eigenvalue weighted by Gasteiger charge is -2.14. The van der Waals surface area contributed by atoms with Crippen molar-refractivity contribution < 1.29 is 18.0 Å². The van der Waals surface area contributed by atoms with E-state index in [0.717, 1.165) is 0 Å². The molecule has 0 aliphatic carbocycles. The standard InChI is InChI=1S/C18H17N3O4S/c1-13(20-18(23)15-7-3-2-4-8-15)10-17(22)21-26(24,25)16-9-5-6-14(11-16)12-19/h2-9,11,13H,10H2,1H3,(H,20,23)(H,21,22)/t13-/m1/s1. The maximum Gasteiger partial charge on any atom is 0.264 e. The van der Waals surface area contributed by atoms with Gasteiger partial charge < -0.3 is 5.32 Å². The highest BCUT2D eigenvalue weighted by Crippen LogP contribution is 2.11. The van der Waals surface area contributed by atoms with Crippen molar-refractivity contribution >= 4 is 21.8 Å². The number of nitrogens with zero attached hydrogens (tertiary/aromatic N) is 1. The molecular formula is C18H17N3O4S. The summed E-state index contributed by atoms with van der Waals surface area (Å²) in [7, 11) is -4.08. The molecule has 1 atom stereocenters. The molecule has 2 aromatic carbocycles. The van der Waals surface area contributed by atoms with Crippen molar-refractivity contribution in [2.45, 2.75) is 24.3 Å². The van der Waals surface area contributed by atoms with Gasteiger partial charge in [-0.25, -0.2) is 13.1 Å². The third kappa shape index (κ3) is 5.16. The molecule has 2 aromatic rings. The molecule has 7 nitrogen and oxygen atoms in total. The van der Waals surface area contributed by atoms with Crippen LogP contribution in [0.3, 0.4) is 0 Å². The van der Waals surface area contributed by atoms with Crippen LogP contribution in [0.4, 0.5) is 0 Å². The van der Waals surface area contributed by atoms with Crippen molar-refractivity contribution in [3.63, 3.8) is 0 Å². The number of carbonyl (C=O) groups is 2. The van der Waals surface area contributed by atoms with Crippen molar-refractivity contribution in [1.82, 2.24) is 10.0 Å². The van der Waals surface area contributed by atoms with E-state index >= 15 is 0 Å². The first-order valence-corrected chi connectivity index (χ1v) is 9.22. The number of sulfonamides is 1. The lowest BCUT2D eigenvalue weighted by Crippen LogP contribution is -2.39. The highest BCUT2D eigenvalue weighted by atomic mass is 32.2. The second-order valence-electron chi connectivity index (χ2n) is 5.61. The number of nitrogens with one attached hydrogen (secondary N) is 2. The fraction of sp³-hybridized carbons (Fsp3) is 0.167. The van der Waals surface area contributed by atoms with Crippen LogP contribution in [0.5, 0.6) is 0 Å². The smallest absolute Gasteiger partial charge is 0.264 e. The van der Waals surface area contributed by atoms with Gasteiger partial charge in [-0.2, -0.15) is 5.26 Å². The lowest BCUT2D eigenvalue weighted by molar-refractivity contribution is -0.119. The summed E-state index contributed by atoms with van der Waals surface area (Å²) in [5.74, 6) is -1.11. The molecule has 0 bridgehead atoms. The van der Waals surface area contributed by atoms with Gasteiger partial charge in [0.1, 0.15) is 0 Å². The average molecular weight is 371 g/mol. The van der Waals surface area contributed by atoms with Gasteiger partial charge in [-0.3, -0.25) is 9.59 Å². The summed E-state index contributed by atoms with van der Waals surface area (Å²) in [6.07, 6.45) is -0.213. The van der Waals surface area contributed by atoms with E-state index in [0.29, 0.717) is 5.56 Å². The summed E-state index contributed by atoms with van der Waals surface area (Å²) in [6.45, 7) is 1.60. The Morgan fingerprint density at radius 2 is 1.81 bits per heavy atom. The number of rotatable bonds is 6. The number of amides is 2. The largest absolute Gasteiger partial charge is 0.349 e. The Labute approximate surface area is 151 Å². The summed E-state index contributed by atoms with van der Waals surface area (Å²) >= 11 is 0. The van der Waals surface area contributed by atoms with E-state index in [2.05, 4.69) is 5.32 Å². The van der Waals surface area contributed by atoms with Gasteiger partial charge in [-0.1, -0.05) is 24.3 Å². The molecule has 0 fully saturated rings. The first-order chi connectivity index (χ1) is 12.3. The van der Waals surface area contributed by atoms with Gasteiger partial charge in [0, 0.05) is 18.0 Å². The monoisotopic (exact) mass is 371 g/mol. The number of nitriles is 1. The van der Waals surface area contributed by atoms with Crippen molar-refractivity contribution in [2.75, 3.05) is 0 Å². The molecule has 2 amide bonds. The molecule has 26 heavy (non-hydrogen) atoms. The van der Waals surface area contributed by atoms with Crippen molar-refractivity contribution in [3.8, 4) is 6.07 Å².